The molecule has 0 aliphatic heterocycles. The number of H-pyrrole nitrogens is 1. The predicted molar refractivity (Wildman–Crippen MR) is 71.1 cm³/mol. The van der Waals surface area contributed by atoms with Crippen LogP contribution in [0.3, 0.4) is 0 Å². The van der Waals surface area contributed by atoms with Crippen LogP contribution in [0.1, 0.15) is 16.1 Å². The zero-order chi connectivity index (χ0) is 13.8. The number of aromatic amines is 1. The number of hydrogen-bond donors (Lipinski definition) is 2. The number of carbonyl (C=O) groups excluding carboxylic acids is 1. The van der Waals surface area contributed by atoms with Crippen LogP contribution in [0.4, 0.5) is 0 Å². The van der Waals surface area contributed by atoms with Crippen LogP contribution in [0, 0.1) is 0 Å². The van der Waals surface area contributed by atoms with Crippen LogP contribution in [-0.2, 0) is 6.54 Å². The maximum atomic E-state index is 11.9. The number of pyridine rings is 1. The average Bonchev–Trinajstić information content (AvgIpc) is 3.18. The van der Waals surface area contributed by atoms with Crippen molar-refractivity contribution in [3.05, 3.63) is 60.6 Å². The lowest BCUT2D eigenvalue weighted by Gasteiger charge is -2.05. The van der Waals surface area contributed by atoms with E-state index in [1.807, 2.05) is 0 Å². The number of nitrogens with one attached hydrogen (secondary N) is 2. The highest BCUT2D eigenvalue weighted by atomic mass is 16.1. The first-order valence-electron chi connectivity index (χ1n) is 6.04. The lowest BCUT2D eigenvalue weighted by Crippen LogP contribution is -2.23. The van der Waals surface area contributed by atoms with Gasteiger partial charge in [0.25, 0.3) is 5.91 Å². The van der Waals surface area contributed by atoms with Gasteiger partial charge in [0.2, 0.25) is 0 Å². The minimum Gasteiger partial charge on any atom is -0.346 e. The van der Waals surface area contributed by atoms with Crippen LogP contribution in [-0.4, -0.2) is 30.6 Å². The maximum absolute atomic E-state index is 11.9. The molecule has 7 heteroatoms. The van der Waals surface area contributed by atoms with Gasteiger partial charge in [-0.05, 0) is 18.2 Å². The lowest BCUT2D eigenvalue weighted by molar-refractivity contribution is 0.0950. The number of aromatic nitrogens is 5. The Balaban J connectivity index is 1.66. The van der Waals surface area contributed by atoms with Crippen molar-refractivity contribution < 1.29 is 4.79 Å². The van der Waals surface area contributed by atoms with Gasteiger partial charge in [-0.3, -0.25) is 14.5 Å². The summed E-state index contributed by atoms with van der Waals surface area (Å²) < 4.78 is 1.77. The Kier molecular flexibility index (Phi) is 3.24. The molecule has 100 valence electrons. The van der Waals surface area contributed by atoms with Crippen LogP contribution in [0.2, 0.25) is 0 Å². The number of carbonyl (C=O) groups is 1. The minimum atomic E-state index is -0.177. The van der Waals surface area contributed by atoms with Crippen molar-refractivity contribution in [2.24, 2.45) is 0 Å². The topological polar surface area (TPSA) is 88.5 Å². The van der Waals surface area contributed by atoms with Crippen molar-refractivity contribution in [1.29, 1.82) is 0 Å². The average molecular weight is 268 g/mol. The maximum Gasteiger partial charge on any atom is 0.253 e. The fourth-order valence-corrected chi connectivity index (χ4v) is 1.73. The summed E-state index contributed by atoms with van der Waals surface area (Å²) in [5, 5.41) is 9.38. The Labute approximate surface area is 114 Å². The summed E-state index contributed by atoms with van der Waals surface area (Å²) in [6.45, 7) is 0.405. The monoisotopic (exact) mass is 268 g/mol. The second-order valence-corrected chi connectivity index (χ2v) is 4.14. The van der Waals surface area contributed by atoms with Crippen LogP contribution >= 0.6 is 0 Å². The van der Waals surface area contributed by atoms with E-state index in [2.05, 4.69) is 25.5 Å². The number of hydrogen-bond acceptors (Lipinski definition) is 4. The molecule has 0 saturated heterocycles. The van der Waals surface area contributed by atoms with Crippen LogP contribution in [0.15, 0.2) is 49.3 Å². The summed E-state index contributed by atoms with van der Waals surface area (Å²) in [4.78, 5) is 20.1. The van der Waals surface area contributed by atoms with Crippen molar-refractivity contribution in [3.63, 3.8) is 0 Å². The van der Waals surface area contributed by atoms with Crippen molar-refractivity contribution >= 4 is 5.91 Å². The largest absolute Gasteiger partial charge is 0.346 e. The predicted octanol–water partition coefficient (Wildman–Crippen LogP) is 0.920. The van der Waals surface area contributed by atoms with Gasteiger partial charge in [-0.2, -0.15) is 5.10 Å². The van der Waals surface area contributed by atoms with Crippen LogP contribution in [0.5, 0.6) is 0 Å². The fraction of sp³-hybridized carbons (Fsp3) is 0.0769. The molecule has 0 atom stereocenters. The van der Waals surface area contributed by atoms with Crippen LogP contribution in [0.25, 0.3) is 5.82 Å². The zero-order valence-corrected chi connectivity index (χ0v) is 10.5. The molecule has 2 N–H and O–H groups in total. The molecule has 7 nitrogen and oxygen atoms in total. The van der Waals surface area contributed by atoms with E-state index < -0.39 is 0 Å². The van der Waals surface area contributed by atoms with Gasteiger partial charge in [-0.1, -0.05) is 0 Å². The summed E-state index contributed by atoms with van der Waals surface area (Å²) in [5.41, 5.74) is 1.36. The van der Waals surface area contributed by atoms with Crippen molar-refractivity contribution in [2.75, 3.05) is 0 Å². The van der Waals surface area contributed by atoms with Crippen molar-refractivity contribution in [1.82, 2.24) is 30.0 Å². The minimum absolute atomic E-state index is 0.177. The summed E-state index contributed by atoms with van der Waals surface area (Å²) in [7, 11) is 0. The molecule has 0 saturated carbocycles. The van der Waals surface area contributed by atoms with Gasteiger partial charge in [-0.25, -0.2) is 9.97 Å². The van der Waals surface area contributed by atoms with E-state index in [9.17, 15) is 4.79 Å². The Bertz CT molecular complexity index is 672. The standard InChI is InChI=1S/C13H12N6O/c20-13(16-8-11-3-4-17-18-11)10-1-2-12(15-7-10)19-6-5-14-9-19/h1-7,9H,8H2,(H,16,20)(H,17,18). The lowest BCUT2D eigenvalue weighted by atomic mass is 10.2. The molecule has 0 unspecified atom stereocenters. The molecular weight excluding hydrogens is 256 g/mol. The van der Waals surface area contributed by atoms with Crippen LogP contribution < -0.4 is 5.32 Å². The van der Waals surface area contributed by atoms with Crippen molar-refractivity contribution in [2.45, 2.75) is 6.54 Å². The molecule has 1 amide bonds. The van der Waals surface area contributed by atoms with E-state index in [0.29, 0.717) is 17.9 Å². The second-order valence-electron chi connectivity index (χ2n) is 4.14. The first-order valence-corrected chi connectivity index (χ1v) is 6.04. The molecule has 0 aromatic carbocycles. The van der Waals surface area contributed by atoms with E-state index >= 15 is 0 Å². The molecule has 3 aromatic rings. The Morgan fingerprint density at radius 2 is 2.25 bits per heavy atom. The molecule has 0 aliphatic carbocycles. The number of imidazole rings is 1. The van der Waals surface area contributed by atoms with E-state index in [0.717, 1.165) is 5.69 Å². The summed E-state index contributed by atoms with van der Waals surface area (Å²) in [6.07, 6.45) is 8.30. The number of nitrogens with zero attached hydrogens (tertiary/aromatic N) is 4. The number of rotatable bonds is 4. The van der Waals surface area contributed by atoms with Gasteiger partial charge in [0.1, 0.15) is 12.1 Å². The Morgan fingerprint density at radius 3 is 2.90 bits per heavy atom. The quantitative estimate of drug-likeness (QED) is 0.736. The molecule has 3 heterocycles. The van der Waals surface area contributed by atoms with Crippen molar-refractivity contribution in [3.8, 4) is 5.82 Å². The third kappa shape index (κ3) is 2.56. The Hall–Kier alpha value is -2.96. The highest BCUT2D eigenvalue weighted by Gasteiger charge is 2.06. The van der Waals surface area contributed by atoms with Gasteiger partial charge in [0.15, 0.2) is 0 Å². The first-order chi connectivity index (χ1) is 9.83. The van der Waals surface area contributed by atoms with E-state index in [1.54, 1.807) is 47.7 Å². The van der Waals surface area contributed by atoms with Gasteiger partial charge < -0.3 is 5.32 Å². The molecule has 20 heavy (non-hydrogen) atoms. The summed E-state index contributed by atoms with van der Waals surface area (Å²) >= 11 is 0. The Morgan fingerprint density at radius 1 is 1.30 bits per heavy atom. The molecule has 0 bridgehead atoms. The highest BCUT2D eigenvalue weighted by Crippen LogP contribution is 2.05. The summed E-state index contributed by atoms with van der Waals surface area (Å²) in [5.74, 6) is 0.539. The zero-order valence-electron chi connectivity index (χ0n) is 10.5. The van der Waals surface area contributed by atoms with E-state index in [-0.39, 0.29) is 5.91 Å². The fourth-order valence-electron chi connectivity index (χ4n) is 1.73. The SMILES string of the molecule is O=C(NCc1ccn[nH]1)c1ccc(-n2ccnc2)nc1. The van der Waals surface area contributed by atoms with E-state index in [1.165, 1.54) is 6.20 Å². The third-order valence-corrected chi connectivity index (χ3v) is 2.78. The normalized spacial score (nSPS) is 10.4. The molecule has 0 fully saturated rings. The molecule has 3 aromatic heterocycles. The summed E-state index contributed by atoms with van der Waals surface area (Å²) in [6, 6.07) is 5.30. The second kappa shape index (κ2) is 5.35. The first kappa shape index (κ1) is 12.1. The third-order valence-electron chi connectivity index (χ3n) is 2.78. The van der Waals surface area contributed by atoms with E-state index in [4.69, 9.17) is 0 Å². The molecule has 0 spiro atoms. The molecular formula is C13H12N6O. The molecule has 0 radical (unpaired) electrons. The van der Waals surface area contributed by atoms with Gasteiger partial charge in [0, 0.05) is 24.8 Å². The molecule has 3 rings (SSSR count). The smallest absolute Gasteiger partial charge is 0.253 e. The van der Waals surface area contributed by atoms with Gasteiger partial charge >= 0.3 is 0 Å². The molecule has 0 aliphatic rings. The van der Waals surface area contributed by atoms with Gasteiger partial charge in [-0.15, -0.1) is 0 Å². The van der Waals surface area contributed by atoms with Gasteiger partial charge in [0.05, 0.1) is 17.8 Å². The highest BCUT2D eigenvalue weighted by molar-refractivity contribution is 5.93. The number of amides is 1.